The van der Waals surface area contributed by atoms with Gasteiger partial charge in [-0.1, -0.05) is 47.0 Å². The molecule has 0 aliphatic carbocycles. The largest absolute Gasteiger partial charge is 0.362 e. The fourth-order valence-electron chi connectivity index (χ4n) is 2.93. The molecular formula is C18H18Cl2N2O. The molecule has 5 heteroatoms. The first kappa shape index (κ1) is 16.2. The quantitative estimate of drug-likeness (QED) is 0.872. The summed E-state index contributed by atoms with van der Waals surface area (Å²) in [6.45, 7) is 3.28. The Morgan fingerprint density at radius 2 is 2.09 bits per heavy atom. The van der Waals surface area contributed by atoms with Crippen LogP contribution in [0.25, 0.3) is 0 Å². The number of nitrogens with one attached hydrogen (secondary N) is 1. The summed E-state index contributed by atoms with van der Waals surface area (Å²) in [7, 11) is 0. The van der Waals surface area contributed by atoms with Gasteiger partial charge in [0.1, 0.15) is 0 Å². The molecule has 0 unspecified atom stereocenters. The van der Waals surface area contributed by atoms with E-state index in [0.717, 1.165) is 25.1 Å². The molecule has 1 aliphatic heterocycles. The number of benzene rings is 2. The van der Waals surface area contributed by atoms with Gasteiger partial charge in [-0.25, -0.2) is 0 Å². The number of hydrogen-bond donors (Lipinski definition) is 1. The molecule has 0 saturated heterocycles. The Morgan fingerprint density at radius 1 is 1.26 bits per heavy atom. The van der Waals surface area contributed by atoms with Crippen molar-refractivity contribution < 1.29 is 4.79 Å². The molecule has 1 aliphatic rings. The Balaban J connectivity index is 1.73. The predicted molar refractivity (Wildman–Crippen MR) is 96.8 cm³/mol. The molecule has 1 amide bonds. The van der Waals surface area contributed by atoms with E-state index in [1.807, 2.05) is 0 Å². The van der Waals surface area contributed by atoms with Gasteiger partial charge >= 0.3 is 0 Å². The summed E-state index contributed by atoms with van der Waals surface area (Å²) in [6, 6.07) is 11.6. The molecule has 0 atom stereocenters. The Bertz CT molecular complexity index is 746. The lowest BCUT2D eigenvalue weighted by atomic mass is 9.99. The maximum absolute atomic E-state index is 12.4. The lowest BCUT2D eigenvalue weighted by Gasteiger charge is -2.31. The van der Waals surface area contributed by atoms with Gasteiger partial charge < -0.3 is 10.2 Å². The number of hydrogen-bond acceptors (Lipinski definition) is 2. The number of rotatable bonds is 3. The number of amides is 1. The minimum absolute atomic E-state index is 0.0948. The van der Waals surface area contributed by atoms with Gasteiger partial charge in [-0.2, -0.15) is 0 Å². The molecule has 2 aromatic rings. The minimum atomic E-state index is -0.0948. The highest BCUT2D eigenvalue weighted by Gasteiger charge is 2.19. The normalized spacial score (nSPS) is 13.6. The molecule has 0 bridgehead atoms. The van der Waals surface area contributed by atoms with Crippen LogP contribution in [0.4, 0.5) is 11.4 Å². The number of halogens is 2. The van der Waals surface area contributed by atoms with Crippen LogP contribution in [-0.2, 0) is 11.2 Å². The van der Waals surface area contributed by atoms with Crippen molar-refractivity contribution in [3.05, 3.63) is 57.6 Å². The third-order valence-electron chi connectivity index (χ3n) is 4.01. The Morgan fingerprint density at radius 3 is 2.91 bits per heavy atom. The zero-order chi connectivity index (χ0) is 16.4. The van der Waals surface area contributed by atoms with E-state index in [-0.39, 0.29) is 5.91 Å². The maximum atomic E-state index is 12.4. The summed E-state index contributed by atoms with van der Waals surface area (Å²) in [5, 5.41) is 3.65. The monoisotopic (exact) mass is 348 g/mol. The van der Waals surface area contributed by atoms with Crippen LogP contribution in [0, 0.1) is 6.92 Å². The lowest BCUT2D eigenvalue weighted by molar-refractivity contribution is -0.115. The van der Waals surface area contributed by atoms with Crippen LogP contribution in [0.2, 0.25) is 10.0 Å². The number of nitrogens with zero attached hydrogens (tertiary/aromatic N) is 1. The third-order valence-corrected chi connectivity index (χ3v) is 4.83. The minimum Gasteiger partial charge on any atom is -0.362 e. The number of carbonyl (C=O) groups is 1. The van der Waals surface area contributed by atoms with Gasteiger partial charge in [-0.3, -0.25) is 4.79 Å². The standard InChI is InChI=1S/C18H18Cl2N2O/c1-12-7-8-16-13(10-12)4-3-9-22(16)11-17(23)21-15-6-2-5-14(19)18(15)20/h2,5-8,10H,3-4,9,11H2,1H3,(H,21,23). The van der Waals surface area contributed by atoms with Gasteiger partial charge in [0.15, 0.2) is 0 Å². The van der Waals surface area contributed by atoms with Crippen molar-refractivity contribution in [2.45, 2.75) is 19.8 Å². The van der Waals surface area contributed by atoms with Crippen LogP contribution in [0.5, 0.6) is 0 Å². The summed E-state index contributed by atoms with van der Waals surface area (Å²) in [5.41, 5.74) is 4.25. The molecule has 0 radical (unpaired) electrons. The van der Waals surface area contributed by atoms with E-state index in [1.54, 1.807) is 18.2 Å². The molecule has 120 valence electrons. The maximum Gasteiger partial charge on any atom is 0.243 e. The number of anilines is 2. The summed E-state index contributed by atoms with van der Waals surface area (Å²) in [4.78, 5) is 14.5. The van der Waals surface area contributed by atoms with Crippen LogP contribution >= 0.6 is 23.2 Å². The summed E-state index contributed by atoms with van der Waals surface area (Å²) in [6.07, 6.45) is 2.12. The first-order valence-corrected chi connectivity index (χ1v) is 8.38. The highest BCUT2D eigenvalue weighted by molar-refractivity contribution is 6.44. The van der Waals surface area contributed by atoms with Gasteiger partial charge in [0.25, 0.3) is 0 Å². The van der Waals surface area contributed by atoms with Crippen LogP contribution in [0.15, 0.2) is 36.4 Å². The second kappa shape index (κ2) is 6.81. The number of carbonyl (C=O) groups excluding carboxylic acids is 1. The molecule has 23 heavy (non-hydrogen) atoms. The molecular weight excluding hydrogens is 331 g/mol. The second-order valence-corrected chi connectivity index (χ2v) is 6.59. The first-order chi connectivity index (χ1) is 11.0. The lowest BCUT2D eigenvalue weighted by Crippen LogP contribution is -2.36. The van der Waals surface area contributed by atoms with Crippen molar-refractivity contribution in [2.75, 3.05) is 23.3 Å². The van der Waals surface area contributed by atoms with E-state index in [9.17, 15) is 4.79 Å². The summed E-state index contributed by atoms with van der Waals surface area (Å²) >= 11 is 12.1. The van der Waals surface area contributed by atoms with Gasteiger partial charge in [-0.15, -0.1) is 0 Å². The van der Waals surface area contributed by atoms with Crippen molar-refractivity contribution in [3.8, 4) is 0 Å². The number of aryl methyl sites for hydroxylation is 2. The van der Waals surface area contributed by atoms with E-state index in [1.165, 1.54) is 11.1 Å². The van der Waals surface area contributed by atoms with Crippen LogP contribution < -0.4 is 10.2 Å². The summed E-state index contributed by atoms with van der Waals surface area (Å²) < 4.78 is 0. The summed E-state index contributed by atoms with van der Waals surface area (Å²) in [5.74, 6) is -0.0948. The van der Waals surface area contributed by atoms with E-state index in [0.29, 0.717) is 22.3 Å². The molecule has 0 saturated carbocycles. The van der Waals surface area contributed by atoms with Gasteiger partial charge in [0.05, 0.1) is 22.3 Å². The van der Waals surface area contributed by atoms with E-state index < -0.39 is 0 Å². The smallest absolute Gasteiger partial charge is 0.243 e. The molecule has 0 spiro atoms. The van der Waals surface area contributed by atoms with Crippen molar-refractivity contribution in [1.29, 1.82) is 0 Å². The molecule has 1 heterocycles. The topological polar surface area (TPSA) is 32.3 Å². The SMILES string of the molecule is Cc1ccc2c(c1)CCCN2CC(=O)Nc1cccc(Cl)c1Cl. The highest BCUT2D eigenvalue weighted by atomic mass is 35.5. The fourth-order valence-corrected chi connectivity index (χ4v) is 3.28. The van der Waals surface area contributed by atoms with Crippen LogP contribution in [-0.4, -0.2) is 19.0 Å². The van der Waals surface area contributed by atoms with E-state index >= 15 is 0 Å². The Labute approximate surface area is 146 Å². The van der Waals surface area contributed by atoms with Gasteiger partial charge in [0, 0.05) is 12.2 Å². The first-order valence-electron chi connectivity index (χ1n) is 7.63. The molecule has 0 fully saturated rings. The third kappa shape index (κ3) is 3.62. The van der Waals surface area contributed by atoms with Crippen molar-refractivity contribution in [2.24, 2.45) is 0 Å². The molecule has 0 aromatic heterocycles. The highest BCUT2D eigenvalue weighted by Crippen LogP contribution is 2.30. The average Bonchev–Trinajstić information content (AvgIpc) is 2.52. The average molecular weight is 349 g/mol. The predicted octanol–water partition coefficient (Wildman–Crippen LogP) is 4.69. The molecule has 2 aromatic carbocycles. The van der Waals surface area contributed by atoms with E-state index in [2.05, 4.69) is 35.3 Å². The van der Waals surface area contributed by atoms with Crippen LogP contribution in [0.3, 0.4) is 0 Å². The van der Waals surface area contributed by atoms with Crippen LogP contribution in [0.1, 0.15) is 17.5 Å². The van der Waals surface area contributed by atoms with Gasteiger partial charge in [-0.05, 0) is 43.5 Å². The molecule has 3 nitrogen and oxygen atoms in total. The Kier molecular flexibility index (Phi) is 4.79. The van der Waals surface area contributed by atoms with Gasteiger partial charge in [0.2, 0.25) is 5.91 Å². The van der Waals surface area contributed by atoms with Crippen molar-refractivity contribution in [3.63, 3.8) is 0 Å². The fraction of sp³-hybridized carbons (Fsp3) is 0.278. The zero-order valence-electron chi connectivity index (χ0n) is 12.9. The second-order valence-electron chi connectivity index (χ2n) is 5.81. The van der Waals surface area contributed by atoms with E-state index in [4.69, 9.17) is 23.2 Å². The Hall–Kier alpha value is -1.71. The van der Waals surface area contributed by atoms with Crippen molar-refractivity contribution in [1.82, 2.24) is 0 Å². The zero-order valence-corrected chi connectivity index (χ0v) is 14.4. The van der Waals surface area contributed by atoms with Crippen molar-refractivity contribution >= 4 is 40.5 Å². The molecule has 3 rings (SSSR count). The number of fused-ring (bicyclic) bond motifs is 1. The molecule has 1 N–H and O–H groups in total.